The SMILES string of the molecule is C[NH+]1C/C(=C\c2ccccc2Br)c2nc3ccccc3c(C(=O)[O-])c2C1. The predicted molar refractivity (Wildman–Crippen MR) is 104 cm³/mol. The fourth-order valence-electron chi connectivity index (χ4n) is 3.59. The van der Waals surface area contributed by atoms with Gasteiger partial charge in [-0.1, -0.05) is 52.3 Å². The Hall–Kier alpha value is -2.50. The summed E-state index contributed by atoms with van der Waals surface area (Å²) in [6, 6.07) is 15.3. The molecule has 0 aliphatic carbocycles. The maximum Gasteiger partial charge on any atom is 0.106 e. The number of pyridine rings is 1. The molecule has 0 spiro atoms. The van der Waals surface area contributed by atoms with E-state index in [1.54, 1.807) is 6.07 Å². The van der Waals surface area contributed by atoms with E-state index in [2.05, 4.69) is 29.1 Å². The number of fused-ring (bicyclic) bond motifs is 2. The molecule has 130 valence electrons. The maximum absolute atomic E-state index is 11.9. The quantitative estimate of drug-likeness (QED) is 0.704. The first-order chi connectivity index (χ1) is 12.5. The number of aromatic carboxylic acids is 1. The molecular weight excluding hydrogens is 392 g/mol. The van der Waals surface area contributed by atoms with E-state index in [4.69, 9.17) is 4.98 Å². The summed E-state index contributed by atoms with van der Waals surface area (Å²) in [5.41, 5.74) is 4.55. The summed E-state index contributed by atoms with van der Waals surface area (Å²) in [6.45, 7) is 1.40. The average molecular weight is 409 g/mol. The molecule has 26 heavy (non-hydrogen) atoms. The Kier molecular flexibility index (Phi) is 4.34. The van der Waals surface area contributed by atoms with E-state index in [9.17, 15) is 9.90 Å². The molecule has 3 aromatic rings. The van der Waals surface area contributed by atoms with Crippen LogP contribution in [0.2, 0.25) is 0 Å². The van der Waals surface area contributed by atoms with Crippen molar-refractivity contribution in [1.82, 2.24) is 4.98 Å². The zero-order valence-corrected chi connectivity index (χ0v) is 15.8. The lowest BCUT2D eigenvalue weighted by molar-refractivity contribution is -0.887. The Bertz CT molecular complexity index is 1060. The molecule has 4 nitrogen and oxygen atoms in total. The number of quaternary nitrogens is 1. The fourth-order valence-corrected chi connectivity index (χ4v) is 3.99. The summed E-state index contributed by atoms with van der Waals surface area (Å²) in [5.74, 6) is -1.14. The summed E-state index contributed by atoms with van der Waals surface area (Å²) >= 11 is 3.58. The number of aromatic nitrogens is 1. The van der Waals surface area contributed by atoms with Gasteiger partial charge in [-0.2, -0.15) is 0 Å². The molecule has 1 aliphatic heterocycles. The van der Waals surface area contributed by atoms with Crippen LogP contribution in [0.3, 0.4) is 0 Å². The van der Waals surface area contributed by atoms with Gasteiger partial charge < -0.3 is 14.8 Å². The maximum atomic E-state index is 11.9. The first-order valence-electron chi connectivity index (χ1n) is 8.44. The summed E-state index contributed by atoms with van der Waals surface area (Å²) in [4.78, 5) is 18.0. The number of carbonyl (C=O) groups is 1. The van der Waals surface area contributed by atoms with E-state index in [0.717, 1.165) is 33.4 Å². The zero-order valence-electron chi connectivity index (χ0n) is 14.3. The Morgan fingerprint density at radius 2 is 1.88 bits per heavy atom. The van der Waals surface area contributed by atoms with E-state index >= 15 is 0 Å². The number of hydrogen-bond donors (Lipinski definition) is 1. The van der Waals surface area contributed by atoms with E-state index in [0.29, 0.717) is 17.4 Å². The smallest absolute Gasteiger partial charge is 0.106 e. The second kappa shape index (κ2) is 6.67. The number of rotatable bonds is 2. The number of carboxylic acid groups (broad SMARTS) is 1. The van der Waals surface area contributed by atoms with Gasteiger partial charge in [-0.15, -0.1) is 0 Å². The van der Waals surface area contributed by atoms with Gasteiger partial charge in [-0.25, -0.2) is 4.98 Å². The van der Waals surface area contributed by atoms with Crippen molar-refractivity contribution in [3.63, 3.8) is 0 Å². The minimum Gasteiger partial charge on any atom is -0.545 e. The second-order valence-electron chi connectivity index (χ2n) is 6.62. The van der Waals surface area contributed by atoms with Crippen molar-refractivity contribution in [2.75, 3.05) is 13.6 Å². The number of benzene rings is 2. The average Bonchev–Trinajstić information content (AvgIpc) is 2.61. The van der Waals surface area contributed by atoms with Crippen LogP contribution in [0.1, 0.15) is 27.2 Å². The van der Waals surface area contributed by atoms with Crippen LogP contribution < -0.4 is 10.0 Å². The van der Waals surface area contributed by atoms with Crippen LogP contribution in [0, 0.1) is 0 Å². The lowest BCUT2D eigenvalue weighted by Gasteiger charge is -2.27. The highest BCUT2D eigenvalue weighted by atomic mass is 79.9. The van der Waals surface area contributed by atoms with Crippen molar-refractivity contribution in [2.45, 2.75) is 6.54 Å². The first-order valence-corrected chi connectivity index (χ1v) is 9.23. The molecule has 1 N–H and O–H groups in total. The Balaban J connectivity index is 2.01. The van der Waals surface area contributed by atoms with Crippen molar-refractivity contribution >= 4 is 44.5 Å². The summed E-state index contributed by atoms with van der Waals surface area (Å²) < 4.78 is 0.998. The van der Waals surface area contributed by atoms with Crippen LogP contribution >= 0.6 is 15.9 Å². The molecule has 0 radical (unpaired) electrons. The van der Waals surface area contributed by atoms with Crippen molar-refractivity contribution in [3.8, 4) is 0 Å². The van der Waals surface area contributed by atoms with Gasteiger partial charge in [-0.05, 0) is 23.8 Å². The number of nitrogens with zero attached hydrogens (tertiary/aromatic N) is 1. The zero-order chi connectivity index (χ0) is 18.3. The number of carbonyl (C=O) groups excluding carboxylic acids is 1. The van der Waals surface area contributed by atoms with Gasteiger partial charge in [-0.3, -0.25) is 0 Å². The number of nitrogens with one attached hydrogen (secondary N) is 1. The molecule has 0 bridgehead atoms. The summed E-state index contributed by atoms with van der Waals surface area (Å²) in [5, 5.41) is 12.6. The molecule has 0 fully saturated rings. The largest absolute Gasteiger partial charge is 0.545 e. The van der Waals surface area contributed by atoms with E-state index in [1.807, 2.05) is 42.5 Å². The standard InChI is InChI=1S/C21H17BrN2O2/c1-24-11-14(10-13-6-2-4-8-17(13)22)20-16(12-24)19(21(25)26)15-7-3-5-9-18(15)23-20/h2-10H,11-12H2,1H3,(H,25,26)/b14-10+. The van der Waals surface area contributed by atoms with Gasteiger partial charge in [0.25, 0.3) is 0 Å². The highest BCUT2D eigenvalue weighted by Crippen LogP contribution is 2.30. The van der Waals surface area contributed by atoms with Crippen LogP contribution in [0.4, 0.5) is 0 Å². The minimum atomic E-state index is -1.14. The monoisotopic (exact) mass is 408 g/mol. The lowest BCUT2D eigenvalue weighted by atomic mass is 9.92. The normalized spacial score (nSPS) is 18.1. The highest BCUT2D eigenvalue weighted by Gasteiger charge is 2.27. The molecule has 1 atom stereocenters. The lowest BCUT2D eigenvalue weighted by Crippen LogP contribution is -3.08. The molecule has 1 unspecified atom stereocenters. The fraction of sp³-hybridized carbons (Fsp3) is 0.143. The van der Waals surface area contributed by atoms with Crippen molar-refractivity contribution in [2.24, 2.45) is 0 Å². The Morgan fingerprint density at radius 1 is 1.15 bits per heavy atom. The van der Waals surface area contributed by atoms with Crippen LogP contribution in [0.15, 0.2) is 53.0 Å². The number of hydrogen-bond acceptors (Lipinski definition) is 3. The summed E-state index contributed by atoms with van der Waals surface area (Å²) in [7, 11) is 2.06. The molecular formula is C21H17BrN2O2. The molecule has 5 heteroatoms. The van der Waals surface area contributed by atoms with Gasteiger partial charge >= 0.3 is 0 Å². The first kappa shape index (κ1) is 16.9. The highest BCUT2D eigenvalue weighted by molar-refractivity contribution is 9.10. The van der Waals surface area contributed by atoms with Crippen LogP contribution in [0.5, 0.6) is 0 Å². The van der Waals surface area contributed by atoms with E-state index in [-0.39, 0.29) is 5.56 Å². The van der Waals surface area contributed by atoms with E-state index in [1.165, 1.54) is 4.90 Å². The van der Waals surface area contributed by atoms with E-state index < -0.39 is 5.97 Å². The van der Waals surface area contributed by atoms with Crippen molar-refractivity contribution < 1.29 is 14.8 Å². The second-order valence-corrected chi connectivity index (χ2v) is 7.47. The Morgan fingerprint density at radius 3 is 2.65 bits per heavy atom. The molecule has 4 rings (SSSR count). The van der Waals surface area contributed by atoms with Gasteiger partial charge in [0.05, 0.1) is 24.2 Å². The van der Waals surface area contributed by atoms with Crippen LogP contribution in [-0.2, 0) is 6.54 Å². The molecule has 0 amide bonds. The molecule has 0 saturated heterocycles. The molecule has 1 aliphatic rings. The summed E-state index contributed by atoms with van der Waals surface area (Å²) in [6.07, 6.45) is 2.09. The van der Waals surface area contributed by atoms with Crippen molar-refractivity contribution in [3.05, 3.63) is 75.4 Å². The van der Waals surface area contributed by atoms with Gasteiger partial charge in [0.2, 0.25) is 0 Å². The topological polar surface area (TPSA) is 57.5 Å². The Labute approximate surface area is 159 Å². The minimum absolute atomic E-state index is 0.266. The number of para-hydroxylation sites is 1. The predicted octanol–water partition coefficient (Wildman–Crippen LogP) is 1.93. The molecule has 0 saturated carbocycles. The number of likely N-dealkylation sites (N-methyl/N-ethyl adjacent to an activating group) is 1. The van der Waals surface area contributed by atoms with Gasteiger partial charge in [0.1, 0.15) is 13.1 Å². The van der Waals surface area contributed by atoms with Gasteiger partial charge in [0.15, 0.2) is 0 Å². The third-order valence-electron chi connectivity index (χ3n) is 4.71. The van der Waals surface area contributed by atoms with Crippen LogP contribution in [-0.4, -0.2) is 24.5 Å². The molecule has 2 heterocycles. The number of carboxylic acids is 1. The van der Waals surface area contributed by atoms with Gasteiger partial charge in [0, 0.05) is 26.6 Å². The molecule has 1 aromatic heterocycles. The number of halogens is 1. The third-order valence-corrected chi connectivity index (χ3v) is 5.43. The van der Waals surface area contributed by atoms with Crippen LogP contribution in [0.25, 0.3) is 22.6 Å². The third kappa shape index (κ3) is 2.93. The van der Waals surface area contributed by atoms with Crippen molar-refractivity contribution in [1.29, 1.82) is 0 Å². The molecule has 2 aromatic carbocycles.